The zero-order valence-electron chi connectivity index (χ0n) is 17.6. The summed E-state index contributed by atoms with van der Waals surface area (Å²) >= 11 is 3.34. The molecule has 0 radical (unpaired) electrons. The number of nitrogens with zero attached hydrogens (tertiary/aromatic N) is 2. The van der Waals surface area contributed by atoms with Crippen LogP contribution in [0.1, 0.15) is 5.56 Å². The van der Waals surface area contributed by atoms with Crippen molar-refractivity contribution >= 4 is 43.8 Å². The Kier molecular flexibility index (Phi) is 8.39. The number of benzene rings is 3. The Morgan fingerprint density at radius 3 is 2.33 bits per heavy atom. The summed E-state index contributed by atoms with van der Waals surface area (Å²) in [5.41, 5.74) is 3.48. The quantitative estimate of drug-likeness (QED) is 0.241. The molecule has 7 nitrogen and oxygen atoms in total. The van der Waals surface area contributed by atoms with Crippen molar-refractivity contribution in [3.63, 3.8) is 0 Å². The Balaban J connectivity index is 1.73. The second kappa shape index (κ2) is 11.4. The van der Waals surface area contributed by atoms with E-state index < -0.39 is 22.5 Å². The number of halogens is 1. The number of rotatable bonds is 10. The van der Waals surface area contributed by atoms with Crippen molar-refractivity contribution in [3.8, 4) is 5.75 Å². The summed E-state index contributed by atoms with van der Waals surface area (Å²) < 4.78 is 33.7. The zero-order valence-corrected chi connectivity index (χ0v) is 20.0. The Hall–Kier alpha value is -3.43. The maximum atomic E-state index is 13.2. The van der Waals surface area contributed by atoms with E-state index in [1.165, 1.54) is 18.3 Å². The van der Waals surface area contributed by atoms with E-state index in [1.807, 2.05) is 0 Å². The number of carbonyl (C=O) groups is 1. The standard InChI is InChI=1S/C24H22BrN3O4S/c1-2-16-32-22-14-8-19(9-15-22)17-26-27-24(29)18-28(21-12-10-20(25)11-13-21)33(30,31)23-6-4-3-5-7-23/h2-15,17H,1,16,18H2,(H,27,29)/b26-17-. The van der Waals surface area contributed by atoms with Gasteiger partial charge in [0.25, 0.3) is 15.9 Å². The summed E-state index contributed by atoms with van der Waals surface area (Å²) in [5.74, 6) is 0.104. The first-order valence-electron chi connectivity index (χ1n) is 9.89. The molecular weight excluding hydrogens is 506 g/mol. The van der Waals surface area contributed by atoms with Crippen LogP contribution in [0.2, 0.25) is 0 Å². The van der Waals surface area contributed by atoms with Crippen molar-refractivity contribution in [3.05, 3.63) is 102 Å². The Morgan fingerprint density at radius 1 is 1.03 bits per heavy atom. The van der Waals surface area contributed by atoms with Gasteiger partial charge in [-0.1, -0.05) is 46.8 Å². The van der Waals surface area contributed by atoms with Gasteiger partial charge < -0.3 is 4.74 Å². The van der Waals surface area contributed by atoms with Crippen molar-refractivity contribution in [2.45, 2.75) is 4.90 Å². The molecule has 3 rings (SSSR count). The third-order valence-corrected chi connectivity index (χ3v) is 6.70. The molecule has 1 N–H and O–H groups in total. The third kappa shape index (κ3) is 6.77. The highest BCUT2D eigenvalue weighted by molar-refractivity contribution is 9.10. The van der Waals surface area contributed by atoms with Crippen LogP contribution in [0.25, 0.3) is 0 Å². The molecule has 3 aromatic carbocycles. The van der Waals surface area contributed by atoms with Crippen LogP contribution in [0.15, 0.2) is 106 Å². The monoisotopic (exact) mass is 527 g/mol. The lowest BCUT2D eigenvalue weighted by molar-refractivity contribution is -0.119. The van der Waals surface area contributed by atoms with Gasteiger partial charge in [-0.15, -0.1) is 0 Å². The predicted molar refractivity (Wildman–Crippen MR) is 133 cm³/mol. The van der Waals surface area contributed by atoms with Crippen LogP contribution in [0.5, 0.6) is 5.75 Å². The van der Waals surface area contributed by atoms with Crippen molar-refractivity contribution < 1.29 is 17.9 Å². The molecule has 0 unspecified atom stereocenters. The Morgan fingerprint density at radius 2 is 1.70 bits per heavy atom. The van der Waals surface area contributed by atoms with Crippen LogP contribution in [-0.4, -0.2) is 33.7 Å². The predicted octanol–water partition coefficient (Wildman–Crippen LogP) is 4.36. The van der Waals surface area contributed by atoms with Crippen LogP contribution in [-0.2, 0) is 14.8 Å². The fourth-order valence-electron chi connectivity index (χ4n) is 2.79. The van der Waals surface area contributed by atoms with E-state index in [0.717, 1.165) is 14.3 Å². The van der Waals surface area contributed by atoms with Crippen LogP contribution < -0.4 is 14.5 Å². The largest absolute Gasteiger partial charge is 0.490 e. The second-order valence-electron chi connectivity index (χ2n) is 6.76. The minimum absolute atomic E-state index is 0.0861. The molecular formula is C24H22BrN3O4S. The number of carbonyl (C=O) groups excluding carboxylic acids is 1. The van der Waals surface area contributed by atoms with Crippen molar-refractivity contribution in [2.24, 2.45) is 5.10 Å². The average Bonchev–Trinajstić information content (AvgIpc) is 2.83. The summed E-state index contributed by atoms with van der Waals surface area (Å²) in [5, 5.41) is 3.94. The number of hydrazone groups is 1. The molecule has 0 saturated carbocycles. The molecule has 9 heteroatoms. The fourth-order valence-corrected chi connectivity index (χ4v) is 4.50. The highest BCUT2D eigenvalue weighted by Crippen LogP contribution is 2.25. The molecule has 0 fully saturated rings. The topological polar surface area (TPSA) is 88.1 Å². The second-order valence-corrected chi connectivity index (χ2v) is 9.54. The molecule has 0 aliphatic rings. The number of anilines is 1. The molecule has 0 aliphatic heterocycles. The highest BCUT2D eigenvalue weighted by Gasteiger charge is 2.27. The van der Waals surface area contributed by atoms with E-state index in [1.54, 1.807) is 72.8 Å². The summed E-state index contributed by atoms with van der Waals surface area (Å²) in [6.07, 6.45) is 3.12. The molecule has 0 aliphatic carbocycles. The van der Waals surface area contributed by atoms with Crippen LogP contribution in [0, 0.1) is 0 Å². The maximum absolute atomic E-state index is 13.2. The van der Waals surface area contributed by atoms with E-state index in [-0.39, 0.29) is 4.90 Å². The lowest BCUT2D eigenvalue weighted by Crippen LogP contribution is -2.39. The summed E-state index contributed by atoms with van der Waals surface area (Å²) in [6.45, 7) is 3.56. The minimum atomic E-state index is -3.97. The smallest absolute Gasteiger partial charge is 0.264 e. The first-order valence-corrected chi connectivity index (χ1v) is 12.1. The van der Waals surface area contributed by atoms with E-state index in [9.17, 15) is 13.2 Å². The van der Waals surface area contributed by atoms with Crippen LogP contribution in [0.4, 0.5) is 5.69 Å². The van der Waals surface area contributed by atoms with Crippen molar-refractivity contribution in [1.29, 1.82) is 0 Å². The van der Waals surface area contributed by atoms with Gasteiger partial charge in [-0.2, -0.15) is 5.10 Å². The lowest BCUT2D eigenvalue weighted by Gasteiger charge is -2.23. The number of hydrogen-bond acceptors (Lipinski definition) is 5. The number of hydrogen-bond donors (Lipinski definition) is 1. The Labute approximate surface area is 201 Å². The van der Waals surface area contributed by atoms with Gasteiger partial charge in [0.1, 0.15) is 18.9 Å². The van der Waals surface area contributed by atoms with Crippen LogP contribution in [0.3, 0.4) is 0 Å². The van der Waals surface area contributed by atoms with Gasteiger partial charge >= 0.3 is 0 Å². The first-order chi connectivity index (χ1) is 15.9. The lowest BCUT2D eigenvalue weighted by atomic mass is 10.2. The number of nitrogens with one attached hydrogen (secondary N) is 1. The highest BCUT2D eigenvalue weighted by atomic mass is 79.9. The molecule has 0 bridgehead atoms. The molecule has 0 saturated heterocycles. The van der Waals surface area contributed by atoms with E-state index in [0.29, 0.717) is 18.0 Å². The number of ether oxygens (including phenoxy) is 1. The van der Waals surface area contributed by atoms with E-state index >= 15 is 0 Å². The summed E-state index contributed by atoms with van der Waals surface area (Å²) in [7, 11) is -3.97. The van der Waals surface area contributed by atoms with Crippen LogP contribution >= 0.6 is 15.9 Å². The molecule has 0 heterocycles. The molecule has 170 valence electrons. The molecule has 0 atom stereocenters. The molecule has 33 heavy (non-hydrogen) atoms. The molecule has 0 spiro atoms. The third-order valence-electron chi connectivity index (χ3n) is 4.38. The van der Waals surface area contributed by atoms with Gasteiger partial charge in [0.05, 0.1) is 16.8 Å². The molecule has 1 amide bonds. The fraction of sp³-hybridized carbons (Fsp3) is 0.0833. The van der Waals surface area contributed by atoms with Crippen molar-refractivity contribution in [1.82, 2.24) is 5.43 Å². The SMILES string of the molecule is C=CCOc1ccc(/C=N\NC(=O)CN(c2ccc(Br)cc2)S(=O)(=O)c2ccccc2)cc1. The van der Waals surface area contributed by atoms with E-state index in [2.05, 4.69) is 33.0 Å². The normalized spacial score (nSPS) is 11.2. The van der Waals surface area contributed by atoms with E-state index in [4.69, 9.17) is 4.74 Å². The number of sulfonamides is 1. The van der Waals surface area contributed by atoms with Gasteiger partial charge in [0.2, 0.25) is 0 Å². The summed E-state index contributed by atoms with van der Waals surface area (Å²) in [4.78, 5) is 12.7. The average molecular weight is 528 g/mol. The molecule has 0 aromatic heterocycles. The van der Waals surface area contributed by atoms with Gasteiger partial charge in [0, 0.05) is 4.47 Å². The minimum Gasteiger partial charge on any atom is -0.490 e. The van der Waals surface area contributed by atoms with Crippen molar-refractivity contribution in [2.75, 3.05) is 17.5 Å². The van der Waals surface area contributed by atoms with Gasteiger partial charge in [0.15, 0.2) is 0 Å². The molecule has 3 aromatic rings. The first kappa shape index (κ1) is 24.2. The summed E-state index contributed by atoms with van der Waals surface area (Å²) in [6, 6.07) is 21.7. The van der Waals surface area contributed by atoms with Gasteiger partial charge in [-0.25, -0.2) is 13.8 Å². The zero-order chi connectivity index (χ0) is 23.7. The van der Waals surface area contributed by atoms with Gasteiger partial charge in [-0.05, 0) is 66.2 Å². The maximum Gasteiger partial charge on any atom is 0.264 e. The Bertz CT molecular complexity index is 1210. The van der Waals surface area contributed by atoms with Gasteiger partial charge in [-0.3, -0.25) is 9.10 Å². The number of amides is 1.